The molecule has 340 valence electrons. The number of hydrogen-bond acceptors (Lipinski definition) is 6. The van der Waals surface area contributed by atoms with Crippen LogP contribution in [-0.2, 0) is 33.9 Å². The van der Waals surface area contributed by atoms with E-state index in [0.717, 1.165) is 26.3 Å². The fraction of sp³-hybridized carbons (Fsp3) is 0.365. The molecule has 0 unspecified atom stereocenters. The Labute approximate surface area is 381 Å². The van der Waals surface area contributed by atoms with Crippen molar-refractivity contribution >= 4 is 54.2 Å². The summed E-state index contributed by atoms with van der Waals surface area (Å²) in [5.74, 6) is -2.53. The summed E-state index contributed by atoms with van der Waals surface area (Å²) in [5, 5.41) is 4.07. The van der Waals surface area contributed by atoms with Crippen LogP contribution >= 0.6 is 0 Å². The van der Waals surface area contributed by atoms with Gasteiger partial charge < -0.3 is 18.3 Å². The van der Waals surface area contributed by atoms with E-state index in [1.165, 1.54) is 0 Å². The van der Waals surface area contributed by atoms with E-state index in [-0.39, 0.29) is 29.0 Å². The summed E-state index contributed by atoms with van der Waals surface area (Å²) < 4.78 is 80.0. The third-order valence-electron chi connectivity index (χ3n) is 12.1. The summed E-state index contributed by atoms with van der Waals surface area (Å²) in [4.78, 5) is 12.7. The lowest BCUT2D eigenvalue weighted by Crippen LogP contribution is -2.67. The van der Waals surface area contributed by atoms with Gasteiger partial charge in [0.25, 0.3) is 16.6 Å². The summed E-state index contributed by atoms with van der Waals surface area (Å²) >= 11 is 0. The van der Waals surface area contributed by atoms with Crippen LogP contribution in [0.1, 0.15) is 66.4 Å². The average molecular weight is 927 g/mol. The molecule has 0 aromatic heterocycles. The Kier molecular flexibility index (Phi) is 15.8. The molecule has 64 heavy (non-hydrogen) atoms. The highest BCUT2D eigenvalue weighted by Gasteiger charge is 2.52. The van der Waals surface area contributed by atoms with Crippen LogP contribution in [-0.4, -0.2) is 59.4 Å². The molecule has 6 nitrogen and oxygen atoms in total. The molecular weight excluding hydrogens is 866 g/mol. The molecule has 1 aliphatic rings. The van der Waals surface area contributed by atoms with E-state index in [4.69, 9.17) is 13.6 Å². The minimum absolute atomic E-state index is 0.0108. The molecule has 0 N–H and O–H groups in total. The third-order valence-corrected chi connectivity index (χ3v) is 23.7. The molecule has 0 saturated carbocycles. The molecule has 1 heterocycles. The summed E-state index contributed by atoms with van der Waals surface area (Å²) in [6.45, 7) is 15.7. The normalized spacial score (nSPS) is 15.8. The van der Waals surface area contributed by atoms with Gasteiger partial charge in [-0.1, -0.05) is 181 Å². The first-order valence-corrected chi connectivity index (χ1v) is 26.9. The van der Waals surface area contributed by atoms with E-state index >= 15 is 0 Å². The zero-order valence-corrected chi connectivity index (χ0v) is 40.8. The van der Waals surface area contributed by atoms with Crippen molar-refractivity contribution in [2.75, 3.05) is 26.4 Å². The van der Waals surface area contributed by atoms with Crippen molar-refractivity contribution in [2.45, 2.75) is 88.9 Å². The zero-order chi connectivity index (χ0) is 46.2. The number of esters is 1. The third kappa shape index (κ3) is 11.1. The molecule has 0 saturated heterocycles. The van der Waals surface area contributed by atoms with Gasteiger partial charge in [0.2, 0.25) is 0 Å². The molecule has 5 aromatic carbocycles. The summed E-state index contributed by atoms with van der Waals surface area (Å²) in [6.07, 6.45) is -4.07. The van der Waals surface area contributed by atoms with E-state index in [1.807, 2.05) is 43.3 Å². The van der Waals surface area contributed by atoms with E-state index < -0.39 is 52.1 Å². The van der Waals surface area contributed by atoms with Crippen molar-refractivity contribution in [2.24, 2.45) is 11.8 Å². The standard InChI is InChI=1S/C52H61F3O6SSi2/c1-39-28-31-42(32-29-39)62(57)48-34-41(36-59-49(56)52(53,54)55)35-58-47(48)33-30-40(37-60-63(50(2,3)4,43-20-12-8-13-21-43)44-22-14-9-15-23-44)38-61-64(51(5,6)7,45-24-16-10-17-25-45)46-26-18-11-19-27-46/h8-29,31-32,40-41H,30,33-38H2,1-7H3/t41-,62+/m1/s1. The Morgan fingerprint density at radius 2 is 1.08 bits per heavy atom. The van der Waals surface area contributed by atoms with Gasteiger partial charge in [-0.15, -0.1) is 0 Å². The van der Waals surface area contributed by atoms with Crippen LogP contribution in [0.4, 0.5) is 13.2 Å². The molecule has 6 rings (SSSR count). The maximum absolute atomic E-state index is 14.4. The fourth-order valence-corrected chi connectivity index (χ4v) is 19.6. The number of carbonyl (C=O) groups is 1. The molecule has 12 heteroatoms. The molecule has 0 radical (unpaired) electrons. The Balaban J connectivity index is 1.41. The number of alkyl halides is 3. The number of benzene rings is 5. The van der Waals surface area contributed by atoms with Gasteiger partial charge in [0.05, 0.1) is 28.9 Å². The molecule has 0 spiro atoms. The number of aryl methyl sites for hydroxylation is 1. The van der Waals surface area contributed by atoms with Gasteiger partial charge in [0.15, 0.2) is 0 Å². The van der Waals surface area contributed by atoms with Crippen molar-refractivity contribution in [1.82, 2.24) is 0 Å². The molecule has 2 atom stereocenters. The van der Waals surface area contributed by atoms with Crippen LogP contribution in [0.2, 0.25) is 10.1 Å². The van der Waals surface area contributed by atoms with Crippen molar-refractivity contribution in [3.8, 4) is 0 Å². The predicted octanol–water partition coefficient (Wildman–Crippen LogP) is 10.0. The molecule has 0 aliphatic carbocycles. The minimum atomic E-state index is -5.12. The quantitative estimate of drug-likeness (QED) is 0.0684. The highest BCUT2D eigenvalue weighted by molar-refractivity contribution is 7.89. The summed E-state index contributed by atoms with van der Waals surface area (Å²) in [5.41, 5.74) is 0.997. The van der Waals surface area contributed by atoms with Gasteiger partial charge in [0.1, 0.15) is 5.76 Å². The highest BCUT2D eigenvalue weighted by atomic mass is 32.2. The average Bonchev–Trinajstić information content (AvgIpc) is 3.27. The second-order valence-electron chi connectivity index (χ2n) is 18.8. The topological polar surface area (TPSA) is 71.1 Å². The van der Waals surface area contributed by atoms with E-state index in [9.17, 15) is 22.2 Å². The number of ether oxygens (including phenoxy) is 2. The summed E-state index contributed by atoms with van der Waals surface area (Å²) in [6, 6.07) is 49.4. The fourth-order valence-electron chi connectivity index (χ4n) is 8.87. The van der Waals surface area contributed by atoms with Crippen molar-refractivity contribution in [1.29, 1.82) is 0 Å². The van der Waals surface area contributed by atoms with Crippen LogP contribution in [0.5, 0.6) is 0 Å². The van der Waals surface area contributed by atoms with Crippen molar-refractivity contribution in [3.63, 3.8) is 0 Å². The predicted molar refractivity (Wildman–Crippen MR) is 256 cm³/mol. The summed E-state index contributed by atoms with van der Waals surface area (Å²) in [7, 11) is -7.69. The lowest BCUT2D eigenvalue weighted by atomic mass is 10.0. The van der Waals surface area contributed by atoms with Gasteiger partial charge >= 0.3 is 12.1 Å². The van der Waals surface area contributed by atoms with Gasteiger partial charge in [-0.25, -0.2) is 9.00 Å². The smallest absolute Gasteiger partial charge is 0.490 e. The lowest BCUT2D eigenvalue weighted by molar-refractivity contribution is -0.201. The van der Waals surface area contributed by atoms with E-state index in [1.54, 1.807) is 12.1 Å². The Bertz CT molecular complexity index is 2150. The molecule has 5 aromatic rings. The zero-order valence-electron chi connectivity index (χ0n) is 38.0. The highest BCUT2D eigenvalue weighted by Crippen LogP contribution is 2.40. The van der Waals surface area contributed by atoms with Crippen LogP contribution in [0, 0.1) is 18.8 Å². The van der Waals surface area contributed by atoms with Crippen LogP contribution in [0.25, 0.3) is 0 Å². The Morgan fingerprint density at radius 3 is 1.45 bits per heavy atom. The van der Waals surface area contributed by atoms with Gasteiger partial charge in [-0.05, 0) is 62.7 Å². The number of allylic oxidation sites excluding steroid dienone is 2. The molecule has 1 aliphatic heterocycles. The minimum Gasteiger partial charge on any atom is -0.497 e. The largest absolute Gasteiger partial charge is 0.497 e. The monoisotopic (exact) mass is 926 g/mol. The molecule has 0 bridgehead atoms. The maximum atomic E-state index is 14.4. The second-order valence-corrected chi connectivity index (χ2v) is 28.9. The Morgan fingerprint density at radius 1 is 0.672 bits per heavy atom. The SMILES string of the molecule is Cc1ccc([S@](=O)C2=C(CCC(CO[Si](c3ccccc3)(c3ccccc3)C(C)(C)C)CO[Si](c3ccccc3)(c3ccccc3)C(C)(C)C)OC[C@H](COC(=O)C(F)(F)F)C2)cc1. The van der Waals surface area contributed by atoms with Gasteiger partial charge in [0, 0.05) is 36.4 Å². The van der Waals surface area contributed by atoms with Gasteiger partial charge in [-0.3, -0.25) is 0 Å². The first kappa shape index (κ1) is 48.9. The lowest BCUT2D eigenvalue weighted by Gasteiger charge is -2.45. The molecule has 0 fully saturated rings. The number of hydrogen-bond donors (Lipinski definition) is 0. The van der Waals surface area contributed by atoms with Crippen LogP contribution in [0.3, 0.4) is 0 Å². The molecular formula is C52H61F3O6SSi2. The van der Waals surface area contributed by atoms with Crippen LogP contribution in [0.15, 0.2) is 161 Å². The van der Waals surface area contributed by atoms with Crippen molar-refractivity contribution < 1.29 is 40.5 Å². The van der Waals surface area contributed by atoms with E-state index in [2.05, 4.69) is 143 Å². The number of rotatable bonds is 17. The number of carbonyl (C=O) groups excluding carboxylic acids is 1. The molecule has 0 amide bonds. The maximum Gasteiger partial charge on any atom is 0.490 e. The van der Waals surface area contributed by atoms with Crippen molar-refractivity contribution in [3.05, 3.63) is 162 Å². The van der Waals surface area contributed by atoms with Crippen LogP contribution < -0.4 is 20.7 Å². The second kappa shape index (κ2) is 20.7. The Hall–Kier alpha value is -4.60. The first-order chi connectivity index (χ1) is 30.4. The number of halogens is 3. The van der Waals surface area contributed by atoms with E-state index in [0.29, 0.717) is 41.6 Å². The first-order valence-electron chi connectivity index (χ1n) is 21.9. The van der Waals surface area contributed by atoms with Gasteiger partial charge in [-0.2, -0.15) is 13.2 Å².